The Labute approximate surface area is 172 Å². The molecule has 29 heavy (non-hydrogen) atoms. The fourth-order valence-electron chi connectivity index (χ4n) is 3.98. The van der Waals surface area contributed by atoms with Crippen LogP contribution in [0.25, 0.3) is 0 Å². The molecule has 0 aliphatic carbocycles. The summed E-state index contributed by atoms with van der Waals surface area (Å²) in [6, 6.07) is 3.54. The topological polar surface area (TPSA) is 101 Å². The van der Waals surface area contributed by atoms with Crippen molar-refractivity contribution in [3.05, 3.63) is 23.4 Å². The van der Waals surface area contributed by atoms with Crippen LogP contribution in [-0.2, 0) is 27.2 Å². The first-order valence-corrected chi connectivity index (χ1v) is 11.0. The van der Waals surface area contributed by atoms with Crippen molar-refractivity contribution in [3.8, 4) is 0 Å². The third-order valence-corrected chi connectivity index (χ3v) is 5.79. The summed E-state index contributed by atoms with van der Waals surface area (Å²) in [6.07, 6.45) is 9.47. The smallest absolute Gasteiger partial charge is 0.326 e. The summed E-state index contributed by atoms with van der Waals surface area (Å²) < 4.78 is 5.20. The number of amides is 1. The summed E-state index contributed by atoms with van der Waals surface area (Å²) in [5.41, 5.74) is 2.46. The van der Waals surface area contributed by atoms with Crippen molar-refractivity contribution in [1.29, 1.82) is 0 Å². The number of ether oxygens (including phenoxy) is 1. The van der Waals surface area contributed by atoms with Crippen molar-refractivity contribution in [2.24, 2.45) is 5.92 Å². The van der Waals surface area contributed by atoms with Crippen LogP contribution in [0.1, 0.15) is 62.6 Å². The van der Waals surface area contributed by atoms with E-state index in [-0.39, 0.29) is 11.8 Å². The molecule has 2 atom stereocenters. The van der Waals surface area contributed by atoms with Gasteiger partial charge >= 0.3 is 5.97 Å². The molecule has 1 unspecified atom stereocenters. The molecule has 2 aliphatic heterocycles. The van der Waals surface area contributed by atoms with Crippen LogP contribution < -0.4 is 10.6 Å². The molecule has 3 rings (SSSR count). The van der Waals surface area contributed by atoms with E-state index in [4.69, 9.17) is 9.72 Å². The largest absolute Gasteiger partial charge is 0.480 e. The number of anilines is 1. The Morgan fingerprint density at radius 3 is 2.86 bits per heavy atom. The first kappa shape index (κ1) is 21.6. The van der Waals surface area contributed by atoms with Crippen molar-refractivity contribution >= 4 is 17.7 Å². The van der Waals surface area contributed by atoms with E-state index < -0.39 is 12.0 Å². The fraction of sp³-hybridized carbons (Fsp3) is 0.682. The van der Waals surface area contributed by atoms with E-state index in [1.54, 1.807) is 0 Å². The van der Waals surface area contributed by atoms with Gasteiger partial charge in [-0.2, -0.15) is 0 Å². The van der Waals surface area contributed by atoms with Crippen LogP contribution in [0.15, 0.2) is 12.1 Å². The molecule has 0 saturated carbocycles. The van der Waals surface area contributed by atoms with Crippen molar-refractivity contribution < 1.29 is 19.4 Å². The molecule has 160 valence electrons. The number of carbonyl (C=O) groups excluding carboxylic acids is 1. The van der Waals surface area contributed by atoms with Crippen LogP contribution in [0.2, 0.25) is 0 Å². The van der Waals surface area contributed by atoms with Crippen LogP contribution in [0, 0.1) is 5.92 Å². The Balaban J connectivity index is 1.28. The van der Waals surface area contributed by atoms with Gasteiger partial charge in [-0.15, -0.1) is 0 Å². The molecule has 1 amide bonds. The number of nitrogens with one attached hydrogen (secondary N) is 2. The van der Waals surface area contributed by atoms with E-state index in [0.29, 0.717) is 26.1 Å². The Morgan fingerprint density at radius 1 is 1.24 bits per heavy atom. The molecular formula is C22H33N3O4. The van der Waals surface area contributed by atoms with Crippen LogP contribution in [0.3, 0.4) is 0 Å². The molecule has 1 fully saturated rings. The molecule has 0 spiro atoms. The minimum Gasteiger partial charge on any atom is -0.480 e. The van der Waals surface area contributed by atoms with Gasteiger partial charge in [-0.1, -0.05) is 31.7 Å². The molecule has 0 radical (unpaired) electrons. The maximum Gasteiger partial charge on any atom is 0.326 e. The van der Waals surface area contributed by atoms with Crippen molar-refractivity contribution in [1.82, 2.24) is 10.3 Å². The number of carbonyl (C=O) groups is 2. The van der Waals surface area contributed by atoms with Gasteiger partial charge in [-0.05, 0) is 50.2 Å². The number of pyridine rings is 1. The van der Waals surface area contributed by atoms with Crippen molar-refractivity contribution in [3.63, 3.8) is 0 Å². The van der Waals surface area contributed by atoms with Gasteiger partial charge in [-0.25, -0.2) is 9.78 Å². The molecule has 1 aromatic heterocycles. The Kier molecular flexibility index (Phi) is 8.28. The molecule has 0 bridgehead atoms. The summed E-state index contributed by atoms with van der Waals surface area (Å²) in [7, 11) is 0. The number of carboxylic acids is 1. The van der Waals surface area contributed by atoms with Crippen LogP contribution in [0.4, 0.5) is 5.82 Å². The normalized spacial score (nSPS) is 19.2. The van der Waals surface area contributed by atoms with Gasteiger partial charge in [-0.3, -0.25) is 4.79 Å². The van der Waals surface area contributed by atoms with E-state index in [1.807, 2.05) is 0 Å². The molecule has 7 heteroatoms. The first-order chi connectivity index (χ1) is 14.1. The minimum atomic E-state index is -0.954. The summed E-state index contributed by atoms with van der Waals surface area (Å²) in [5, 5.41) is 15.4. The zero-order valence-corrected chi connectivity index (χ0v) is 17.1. The maximum atomic E-state index is 12.1. The average Bonchev–Trinajstić information content (AvgIpc) is 3.27. The Bertz CT molecular complexity index is 689. The second-order valence-electron chi connectivity index (χ2n) is 8.11. The zero-order chi connectivity index (χ0) is 20.5. The van der Waals surface area contributed by atoms with Crippen molar-refractivity contribution in [2.75, 3.05) is 25.1 Å². The third kappa shape index (κ3) is 6.70. The lowest BCUT2D eigenvalue weighted by Gasteiger charge is -2.17. The van der Waals surface area contributed by atoms with Gasteiger partial charge in [0.15, 0.2) is 0 Å². The van der Waals surface area contributed by atoms with E-state index in [9.17, 15) is 14.7 Å². The summed E-state index contributed by atoms with van der Waals surface area (Å²) >= 11 is 0. The number of hydrogen-bond acceptors (Lipinski definition) is 5. The monoisotopic (exact) mass is 403 g/mol. The van der Waals surface area contributed by atoms with E-state index in [1.165, 1.54) is 12.0 Å². The standard InChI is InChI=1S/C22H33N3O4/c26-21(17-12-14-29-15-17)25-19(22(27)28)9-5-3-1-2-4-8-18-11-10-16-7-6-13-23-20(16)24-18/h10-11,17,19H,1-9,12-15H2,(H,23,24)(H,25,26)(H,27,28)/t17-,19?/m0/s1. The number of carboxylic acid groups (broad SMARTS) is 1. The van der Waals surface area contributed by atoms with Gasteiger partial charge < -0.3 is 20.5 Å². The second-order valence-corrected chi connectivity index (χ2v) is 8.11. The van der Waals surface area contributed by atoms with E-state index in [2.05, 4.69) is 22.8 Å². The number of hydrogen-bond donors (Lipinski definition) is 3. The summed E-state index contributed by atoms with van der Waals surface area (Å²) in [6.45, 7) is 1.98. The van der Waals surface area contributed by atoms with Crippen LogP contribution >= 0.6 is 0 Å². The highest BCUT2D eigenvalue weighted by Gasteiger charge is 2.27. The number of fused-ring (bicyclic) bond motifs is 1. The molecule has 3 N–H and O–H groups in total. The summed E-state index contributed by atoms with van der Waals surface area (Å²) in [5.74, 6) is -0.296. The highest BCUT2D eigenvalue weighted by molar-refractivity contribution is 5.85. The molecule has 1 aromatic rings. The minimum absolute atomic E-state index is 0.193. The number of aryl methyl sites for hydroxylation is 2. The van der Waals surface area contributed by atoms with Gasteiger partial charge in [0, 0.05) is 18.8 Å². The summed E-state index contributed by atoms with van der Waals surface area (Å²) in [4.78, 5) is 28.2. The van der Waals surface area contributed by atoms with Crippen LogP contribution in [-0.4, -0.2) is 47.8 Å². The number of aliphatic carboxylic acids is 1. The molecule has 1 saturated heterocycles. The average molecular weight is 404 g/mol. The van der Waals surface area contributed by atoms with Gasteiger partial charge in [0.25, 0.3) is 0 Å². The second kappa shape index (κ2) is 11.1. The zero-order valence-electron chi connectivity index (χ0n) is 17.1. The van der Waals surface area contributed by atoms with Gasteiger partial charge in [0.05, 0.1) is 12.5 Å². The van der Waals surface area contributed by atoms with Gasteiger partial charge in [0.1, 0.15) is 11.9 Å². The van der Waals surface area contributed by atoms with Crippen molar-refractivity contribution in [2.45, 2.75) is 70.3 Å². The lowest BCUT2D eigenvalue weighted by Crippen LogP contribution is -2.43. The number of nitrogens with zero attached hydrogens (tertiary/aromatic N) is 1. The Hall–Kier alpha value is -2.15. The maximum absolute atomic E-state index is 12.1. The third-order valence-electron chi connectivity index (χ3n) is 5.79. The van der Waals surface area contributed by atoms with E-state index in [0.717, 1.165) is 63.0 Å². The number of unbranched alkanes of at least 4 members (excludes halogenated alkanes) is 4. The molecule has 3 heterocycles. The lowest BCUT2D eigenvalue weighted by molar-refractivity contribution is -0.142. The molecule has 7 nitrogen and oxygen atoms in total. The quantitative estimate of drug-likeness (QED) is 0.491. The van der Waals surface area contributed by atoms with Crippen LogP contribution in [0.5, 0.6) is 0 Å². The van der Waals surface area contributed by atoms with Gasteiger partial charge in [0.2, 0.25) is 5.91 Å². The fourth-order valence-corrected chi connectivity index (χ4v) is 3.98. The Morgan fingerprint density at radius 2 is 2.07 bits per heavy atom. The SMILES string of the molecule is O=C(O)C(CCCCCCCc1ccc2c(n1)NCCC2)NC(=O)[C@H]1CCOC1. The lowest BCUT2D eigenvalue weighted by atomic mass is 10.0. The molecular weight excluding hydrogens is 370 g/mol. The number of rotatable bonds is 11. The van der Waals surface area contributed by atoms with E-state index >= 15 is 0 Å². The predicted molar refractivity (Wildman–Crippen MR) is 111 cm³/mol. The highest BCUT2D eigenvalue weighted by Crippen LogP contribution is 2.20. The predicted octanol–water partition coefficient (Wildman–Crippen LogP) is 2.93. The molecule has 2 aliphatic rings. The molecule has 0 aromatic carbocycles. The number of aromatic nitrogens is 1. The highest BCUT2D eigenvalue weighted by atomic mass is 16.5. The first-order valence-electron chi connectivity index (χ1n) is 11.0.